The standard InChI is InChI=1S/C12H11Cl2N3O2/c1-2-19-12(18)10-11(15)16-6-17(10)9-4-7(13)3-8(14)5-9/h3-6H,2,15H2,1H3. The molecular weight excluding hydrogens is 289 g/mol. The van der Waals surface area contributed by atoms with Crippen molar-refractivity contribution in [3.05, 3.63) is 40.3 Å². The first-order valence-corrected chi connectivity index (χ1v) is 6.25. The number of hydrogen-bond acceptors (Lipinski definition) is 4. The molecule has 7 heteroatoms. The summed E-state index contributed by atoms with van der Waals surface area (Å²) >= 11 is 11.9. The monoisotopic (exact) mass is 299 g/mol. The van der Waals surface area contributed by atoms with Crippen molar-refractivity contribution in [1.29, 1.82) is 0 Å². The number of nitrogen functional groups attached to an aromatic ring is 1. The minimum atomic E-state index is -0.548. The van der Waals surface area contributed by atoms with Gasteiger partial charge in [-0.15, -0.1) is 0 Å². The van der Waals surface area contributed by atoms with Gasteiger partial charge in [0.25, 0.3) is 0 Å². The second kappa shape index (κ2) is 5.50. The molecule has 19 heavy (non-hydrogen) atoms. The predicted molar refractivity (Wildman–Crippen MR) is 74.0 cm³/mol. The lowest BCUT2D eigenvalue weighted by Crippen LogP contribution is -2.12. The van der Waals surface area contributed by atoms with Crippen LogP contribution in [0.25, 0.3) is 5.69 Å². The Morgan fingerprint density at radius 2 is 2.00 bits per heavy atom. The fourth-order valence-electron chi connectivity index (χ4n) is 1.64. The number of hydrogen-bond donors (Lipinski definition) is 1. The van der Waals surface area contributed by atoms with Gasteiger partial charge >= 0.3 is 5.97 Å². The molecule has 0 bridgehead atoms. The summed E-state index contributed by atoms with van der Waals surface area (Å²) in [5, 5.41) is 0.897. The van der Waals surface area contributed by atoms with E-state index in [1.165, 1.54) is 10.9 Å². The number of anilines is 1. The van der Waals surface area contributed by atoms with Gasteiger partial charge in [0.15, 0.2) is 11.5 Å². The number of nitrogens with two attached hydrogens (primary N) is 1. The van der Waals surface area contributed by atoms with E-state index in [1.54, 1.807) is 25.1 Å². The van der Waals surface area contributed by atoms with Crippen LogP contribution in [0.4, 0.5) is 5.82 Å². The van der Waals surface area contributed by atoms with Crippen LogP contribution in [-0.2, 0) is 4.74 Å². The zero-order valence-corrected chi connectivity index (χ0v) is 11.6. The molecule has 1 aromatic carbocycles. The maximum atomic E-state index is 11.9. The summed E-state index contributed by atoms with van der Waals surface area (Å²) in [4.78, 5) is 15.8. The molecule has 100 valence electrons. The third-order valence-electron chi connectivity index (χ3n) is 2.39. The van der Waals surface area contributed by atoms with E-state index in [-0.39, 0.29) is 18.1 Å². The average molecular weight is 300 g/mol. The normalized spacial score (nSPS) is 10.5. The molecule has 0 aliphatic heterocycles. The van der Waals surface area contributed by atoms with Crippen molar-refractivity contribution in [2.75, 3.05) is 12.3 Å². The molecular formula is C12H11Cl2N3O2. The second-order valence-corrected chi connectivity index (χ2v) is 4.57. The Labute approximate surface area is 119 Å². The van der Waals surface area contributed by atoms with Crippen LogP contribution < -0.4 is 5.73 Å². The van der Waals surface area contributed by atoms with Gasteiger partial charge < -0.3 is 10.5 Å². The van der Waals surface area contributed by atoms with Gasteiger partial charge in [-0.25, -0.2) is 9.78 Å². The van der Waals surface area contributed by atoms with Crippen LogP contribution in [-0.4, -0.2) is 22.1 Å². The van der Waals surface area contributed by atoms with Crippen molar-refractivity contribution in [1.82, 2.24) is 9.55 Å². The molecule has 0 saturated carbocycles. The lowest BCUT2D eigenvalue weighted by molar-refractivity contribution is 0.0518. The second-order valence-electron chi connectivity index (χ2n) is 3.70. The number of carbonyl (C=O) groups excluding carboxylic acids is 1. The molecule has 0 amide bonds. The largest absolute Gasteiger partial charge is 0.461 e. The van der Waals surface area contributed by atoms with Crippen LogP contribution in [0.3, 0.4) is 0 Å². The summed E-state index contributed by atoms with van der Waals surface area (Å²) in [5.74, 6) is -0.455. The highest BCUT2D eigenvalue weighted by atomic mass is 35.5. The van der Waals surface area contributed by atoms with Gasteiger partial charge in [-0.3, -0.25) is 4.57 Å². The van der Waals surface area contributed by atoms with Gasteiger partial charge in [0, 0.05) is 10.0 Å². The third-order valence-corrected chi connectivity index (χ3v) is 2.83. The number of ether oxygens (including phenoxy) is 1. The highest BCUT2D eigenvalue weighted by Crippen LogP contribution is 2.24. The van der Waals surface area contributed by atoms with E-state index in [2.05, 4.69) is 4.98 Å². The lowest BCUT2D eigenvalue weighted by atomic mass is 10.3. The van der Waals surface area contributed by atoms with Gasteiger partial charge in [-0.1, -0.05) is 23.2 Å². The third kappa shape index (κ3) is 2.83. The topological polar surface area (TPSA) is 70.1 Å². The SMILES string of the molecule is CCOC(=O)c1c(N)ncn1-c1cc(Cl)cc(Cl)c1. The number of carbonyl (C=O) groups is 1. The number of rotatable bonds is 3. The van der Waals surface area contributed by atoms with Crippen LogP contribution in [0.2, 0.25) is 10.0 Å². The van der Waals surface area contributed by atoms with Gasteiger partial charge in [0.2, 0.25) is 0 Å². The highest BCUT2D eigenvalue weighted by molar-refractivity contribution is 6.34. The molecule has 1 aromatic heterocycles. The van der Waals surface area contributed by atoms with Crippen molar-refractivity contribution in [2.45, 2.75) is 6.92 Å². The molecule has 0 aliphatic carbocycles. The molecule has 2 N–H and O–H groups in total. The maximum Gasteiger partial charge on any atom is 0.359 e. The summed E-state index contributed by atoms with van der Waals surface area (Å²) in [7, 11) is 0. The molecule has 2 rings (SSSR count). The van der Waals surface area contributed by atoms with E-state index in [4.69, 9.17) is 33.7 Å². The molecule has 0 saturated heterocycles. The Morgan fingerprint density at radius 3 is 2.58 bits per heavy atom. The molecule has 0 unspecified atom stereocenters. The zero-order valence-electron chi connectivity index (χ0n) is 10.1. The van der Waals surface area contributed by atoms with Gasteiger partial charge in [-0.05, 0) is 25.1 Å². The maximum absolute atomic E-state index is 11.9. The van der Waals surface area contributed by atoms with Gasteiger partial charge in [-0.2, -0.15) is 0 Å². The van der Waals surface area contributed by atoms with E-state index < -0.39 is 5.97 Å². The fraction of sp³-hybridized carbons (Fsp3) is 0.167. The van der Waals surface area contributed by atoms with Crippen molar-refractivity contribution >= 4 is 35.0 Å². The Morgan fingerprint density at radius 1 is 1.37 bits per heavy atom. The molecule has 1 heterocycles. The first-order chi connectivity index (χ1) is 9.02. The number of imidazole rings is 1. The molecule has 0 atom stereocenters. The summed E-state index contributed by atoms with van der Waals surface area (Å²) in [6, 6.07) is 4.89. The lowest BCUT2D eigenvalue weighted by Gasteiger charge is -2.09. The number of nitrogens with zero attached hydrogens (tertiary/aromatic N) is 2. The molecule has 0 spiro atoms. The van der Waals surface area contributed by atoms with Gasteiger partial charge in [0.05, 0.1) is 12.3 Å². The summed E-state index contributed by atoms with van der Waals surface area (Å²) < 4.78 is 6.44. The van der Waals surface area contributed by atoms with Crippen LogP contribution in [0.1, 0.15) is 17.4 Å². The zero-order chi connectivity index (χ0) is 14.0. The minimum absolute atomic E-state index is 0.0922. The van der Waals surface area contributed by atoms with Gasteiger partial charge in [0.1, 0.15) is 6.33 Å². The van der Waals surface area contributed by atoms with Crippen LogP contribution >= 0.6 is 23.2 Å². The summed E-state index contributed by atoms with van der Waals surface area (Å²) in [5.41, 5.74) is 6.43. The van der Waals surface area contributed by atoms with Crippen molar-refractivity contribution in [3.8, 4) is 5.69 Å². The van der Waals surface area contributed by atoms with E-state index in [9.17, 15) is 4.79 Å². The van der Waals surface area contributed by atoms with Crippen LogP contribution in [0.15, 0.2) is 24.5 Å². The van der Waals surface area contributed by atoms with Crippen molar-refractivity contribution in [2.24, 2.45) is 0 Å². The van der Waals surface area contributed by atoms with Crippen LogP contribution in [0, 0.1) is 0 Å². The Bertz CT molecular complexity index is 605. The fourth-order valence-corrected chi connectivity index (χ4v) is 2.15. The smallest absolute Gasteiger partial charge is 0.359 e. The van der Waals surface area contributed by atoms with E-state index >= 15 is 0 Å². The Hall–Kier alpha value is -1.72. The first-order valence-electron chi connectivity index (χ1n) is 5.49. The van der Waals surface area contributed by atoms with E-state index in [0.717, 1.165) is 0 Å². The quantitative estimate of drug-likeness (QED) is 0.885. The number of halogens is 2. The highest BCUT2D eigenvalue weighted by Gasteiger charge is 2.19. The molecule has 2 aromatic rings. The number of aromatic nitrogens is 2. The molecule has 5 nitrogen and oxygen atoms in total. The van der Waals surface area contributed by atoms with E-state index in [0.29, 0.717) is 15.7 Å². The first kappa shape index (κ1) is 13.7. The number of benzene rings is 1. The Kier molecular flexibility index (Phi) is 3.97. The minimum Gasteiger partial charge on any atom is -0.461 e. The summed E-state index contributed by atoms with van der Waals surface area (Å²) in [6.45, 7) is 1.96. The number of esters is 1. The average Bonchev–Trinajstić information content (AvgIpc) is 2.70. The molecule has 0 radical (unpaired) electrons. The molecule has 0 fully saturated rings. The van der Waals surface area contributed by atoms with Crippen molar-refractivity contribution in [3.63, 3.8) is 0 Å². The molecule has 0 aliphatic rings. The Balaban J connectivity index is 2.53. The summed E-state index contributed by atoms with van der Waals surface area (Å²) in [6.07, 6.45) is 1.42. The van der Waals surface area contributed by atoms with E-state index in [1.807, 2.05) is 0 Å². The van der Waals surface area contributed by atoms with Crippen molar-refractivity contribution < 1.29 is 9.53 Å². The predicted octanol–water partition coefficient (Wildman–Crippen LogP) is 2.94. The van der Waals surface area contributed by atoms with Crippen LogP contribution in [0.5, 0.6) is 0 Å².